The summed E-state index contributed by atoms with van der Waals surface area (Å²) in [5, 5.41) is 2.78. The zero-order chi connectivity index (χ0) is 20.4. The van der Waals surface area contributed by atoms with Gasteiger partial charge in [0.25, 0.3) is 5.91 Å². The van der Waals surface area contributed by atoms with Crippen LogP contribution < -0.4 is 24.2 Å². The van der Waals surface area contributed by atoms with Gasteiger partial charge < -0.3 is 19.5 Å². The predicted octanol–water partition coefficient (Wildman–Crippen LogP) is 1.86. The molecule has 0 radical (unpaired) electrons. The Balaban J connectivity index is 1.29. The number of hydrogen-bond acceptors (Lipinski definition) is 6. The fourth-order valence-corrected chi connectivity index (χ4v) is 4.28. The lowest BCUT2D eigenvalue weighted by atomic mass is 10.2. The Morgan fingerprint density at radius 1 is 1.14 bits per heavy atom. The molecule has 9 heteroatoms. The van der Waals surface area contributed by atoms with Crippen LogP contribution in [0.2, 0.25) is 0 Å². The minimum atomic E-state index is -3.52. The molecule has 1 fully saturated rings. The van der Waals surface area contributed by atoms with Gasteiger partial charge in [-0.2, -0.15) is 0 Å². The molecular formula is C20H22N2O6S. The number of aryl methyl sites for hydroxylation is 1. The van der Waals surface area contributed by atoms with Crippen LogP contribution in [0.25, 0.3) is 0 Å². The molecule has 1 heterocycles. The van der Waals surface area contributed by atoms with Gasteiger partial charge in [0.05, 0.1) is 4.90 Å². The van der Waals surface area contributed by atoms with Gasteiger partial charge >= 0.3 is 0 Å². The first kappa shape index (κ1) is 19.5. The smallest absolute Gasteiger partial charge is 0.258 e. The van der Waals surface area contributed by atoms with Crippen molar-refractivity contribution in [3.8, 4) is 17.2 Å². The molecule has 2 N–H and O–H groups in total. The van der Waals surface area contributed by atoms with Crippen molar-refractivity contribution in [2.45, 2.75) is 37.2 Å². The summed E-state index contributed by atoms with van der Waals surface area (Å²) in [6.45, 7) is 2.12. The molecule has 0 bridgehead atoms. The lowest BCUT2D eigenvalue weighted by Crippen LogP contribution is -2.28. The molecule has 4 rings (SSSR count). The molecule has 0 saturated heterocycles. The molecule has 2 aliphatic rings. The highest BCUT2D eigenvalue weighted by Crippen LogP contribution is 2.32. The molecule has 154 valence electrons. The number of rotatable bonds is 8. The highest BCUT2D eigenvalue weighted by molar-refractivity contribution is 7.89. The molecule has 1 aliphatic carbocycles. The van der Waals surface area contributed by atoms with Crippen molar-refractivity contribution in [1.29, 1.82) is 0 Å². The summed E-state index contributed by atoms with van der Waals surface area (Å²) in [6, 6.07) is 10.1. The Kier molecular flexibility index (Phi) is 5.33. The highest BCUT2D eigenvalue weighted by atomic mass is 32.2. The van der Waals surface area contributed by atoms with Crippen molar-refractivity contribution in [2.75, 3.05) is 13.4 Å². The molecule has 2 aromatic carbocycles. The van der Waals surface area contributed by atoms with Gasteiger partial charge in [-0.25, -0.2) is 13.1 Å². The monoisotopic (exact) mass is 418 g/mol. The number of carbonyl (C=O) groups excluding carboxylic acids is 1. The second kappa shape index (κ2) is 7.92. The van der Waals surface area contributed by atoms with E-state index in [2.05, 4.69) is 10.0 Å². The van der Waals surface area contributed by atoms with E-state index in [1.165, 1.54) is 6.07 Å². The number of nitrogens with one attached hydrogen (secondary N) is 2. The summed E-state index contributed by atoms with van der Waals surface area (Å²) in [5.74, 6) is 1.54. The molecule has 0 atom stereocenters. The first-order valence-electron chi connectivity index (χ1n) is 9.32. The van der Waals surface area contributed by atoms with E-state index in [-0.39, 0.29) is 30.2 Å². The second-order valence-electron chi connectivity index (χ2n) is 7.08. The van der Waals surface area contributed by atoms with Crippen LogP contribution in [-0.2, 0) is 21.4 Å². The standard InChI is InChI=1S/C20H22N2O6S/c1-13-8-16(29(24,25)22-15-3-4-15)5-7-17(13)26-11-20(23)21-10-14-2-6-18-19(9-14)28-12-27-18/h2,5-9,15,22H,3-4,10-12H2,1H3,(H,21,23). The number of benzene rings is 2. The molecule has 0 spiro atoms. The Morgan fingerprint density at radius 2 is 1.93 bits per heavy atom. The van der Waals surface area contributed by atoms with Crippen LogP contribution in [0.15, 0.2) is 41.3 Å². The molecule has 2 aromatic rings. The second-order valence-corrected chi connectivity index (χ2v) is 8.79. The van der Waals surface area contributed by atoms with Gasteiger partial charge in [0.1, 0.15) is 5.75 Å². The summed E-state index contributed by atoms with van der Waals surface area (Å²) < 4.78 is 43.3. The van der Waals surface area contributed by atoms with Gasteiger partial charge in [-0.05, 0) is 61.2 Å². The average Bonchev–Trinajstić information content (AvgIpc) is 3.37. The van der Waals surface area contributed by atoms with Gasteiger partial charge in [0, 0.05) is 12.6 Å². The van der Waals surface area contributed by atoms with E-state index in [9.17, 15) is 13.2 Å². The third-order valence-electron chi connectivity index (χ3n) is 4.64. The molecule has 8 nitrogen and oxygen atoms in total. The first-order chi connectivity index (χ1) is 13.9. The van der Waals surface area contributed by atoms with Gasteiger partial charge in [0.15, 0.2) is 18.1 Å². The van der Waals surface area contributed by atoms with E-state index in [1.807, 2.05) is 12.1 Å². The maximum Gasteiger partial charge on any atom is 0.258 e. The lowest BCUT2D eigenvalue weighted by Gasteiger charge is -2.12. The van der Waals surface area contributed by atoms with Crippen molar-refractivity contribution in [1.82, 2.24) is 10.0 Å². The highest BCUT2D eigenvalue weighted by Gasteiger charge is 2.28. The largest absolute Gasteiger partial charge is 0.484 e. The van der Waals surface area contributed by atoms with Gasteiger partial charge in [-0.1, -0.05) is 6.07 Å². The number of hydrogen-bond donors (Lipinski definition) is 2. The van der Waals surface area contributed by atoms with E-state index in [1.54, 1.807) is 25.1 Å². The summed E-state index contributed by atoms with van der Waals surface area (Å²) in [4.78, 5) is 12.3. The predicted molar refractivity (Wildman–Crippen MR) is 104 cm³/mol. The summed E-state index contributed by atoms with van der Waals surface area (Å²) in [5.41, 5.74) is 1.53. The quantitative estimate of drug-likeness (QED) is 0.678. The fraction of sp³-hybridized carbons (Fsp3) is 0.350. The fourth-order valence-electron chi connectivity index (χ4n) is 2.89. The number of ether oxygens (including phenoxy) is 3. The van der Waals surface area contributed by atoms with Crippen LogP contribution in [0, 0.1) is 6.92 Å². The number of amides is 1. The zero-order valence-electron chi connectivity index (χ0n) is 15.9. The summed E-state index contributed by atoms with van der Waals surface area (Å²) in [6.07, 6.45) is 1.75. The Morgan fingerprint density at radius 3 is 2.69 bits per heavy atom. The molecule has 1 amide bonds. The Labute approximate surface area is 169 Å². The van der Waals surface area contributed by atoms with Crippen molar-refractivity contribution in [2.24, 2.45) is 0 Å². The van der Waals surface area contributed by atoms with Gasteiger partial charge in [-0.3, -0.25) is 4.79 Å². The van der Waals surface area contributed by atoms with Gasteiger partial charge in [0.2, 0.25) is 16.8 Å². The average molecular weight is 418 g/mol. The maximum atomic E-state index is 12.3. The van der Waals surface area contributed by atoms with Crippen LogP contribution in [0.1, 0.15) is 24.0 Å². The minimum Gasteiger partial charge on any atom is -0.484 e. The minimum absolute atomic E-state index is 0.0460. The van der Waals surface area contributed by atoms with Crippen LogP contribution in [0.3, 0.4) is 0 Å². The van der Waals surface area contributed by atoms with Crippen molar-refractivity contribution < 1.29 is 27.4 Å². The van der Waals surface area contributed by atoms with Crippen LogP contribution in [0.4, 0.5) is 0 Å². The molecule has 29 heavy (non-hydrogen) atoms. The normalized spacial score (nSPS) is 15.2. The van der Waals surface area contributed by atoms with Crippen molar-refractivity contribution in [3.63, 3.8) is 0 Å². The third-order valence-corrected chi connectivity index (χ3v) is 6.16. The summed E-state index contributed by atoms with van der Waals surface area (Å²) in [7, 11) is -3.52. The van der Waals surface area contributed by atoms with E-state index in [4.69, 9.17) is 14.2 Å². The zero-order valence-corrected chi connectivity index (χ0v) is 16.8. The van der Waals surface area contributed by atoms with Crippen LogP contribution in [-0.4, -0.2) is 33.8 Å². The topological polar surface area (TPSA) is 103 Å². The van der Waals surface area contributed by atoms with Crippen LogP contribution >= 0.6 is 0 Å². The molecule has 1 saturated carbocycles. The SMILES string of the molecule is Cc1cc(S(=O)(=O)NC2CC2)ccc1OCC(=O)NCc1ccc2c(c1)OCO2. The van der Waals surface area contributed by atoms with Gasteiger partial charge in [-0.15, -0.1) is 0 Å². The first-order valence-corrected chi connectivity index (χ1v) is 10.8. The molecule has 0 aromatic heterocycles. The van der Waals surface area contributed by atoms with E-state index in [0.29, 0.717) is 29.4 Å². The Hall–Kier alpha value is -2.78. The summed E-state index contributed by atoms with van der Waals surface area (Å²) >= 11 is 0. The van der Waals surface area contributed by atoms with Crippen molar-refractivity contribution in [3.05, 3.63) is 47.5 Å². The van der Waals surface area contributed by atoms with Crippen molar-refractivity contribution >= 4 is 15.9 Å². The van der Waals surface area contributed by atoms with Crippen LogP contribution in [0.5, 0.6) is 17.2 Å². The maximum absolute atomic E-state index is 12.3. The molecule has 1 aliphatic heterocycles. The molecule has 0 unspecified atom stereocenters. The van der Waals surface area contributed by atoms with E-state index in [0.717, 1.165) is 18.4 Å². The third kappa shape index (κ3) is 4.80. The number of fused-ring (bicyclic) bond motifs is 1. The van der Waals surface area contributed by atoms with E-state index < -0.39 is 10.0 Å². The lowest BCUT2D eigenvalue weighted by molar-refractivity contribution is -0.123. The van der Waals surface area contributed by atoms with E-state index >= 15 is 0 Å². The Bertz CT molecular complexity index is 1030. The molecular weight excluding hydrogens is 396 g/mol. The number of sulfonamides is 1. The number of carbonyl (C=O) groups is 1.